The number of rotatable bonds is 4. The van der Waals surface area contributed by atoms with Gasteiger partial charge in [-0.05, 0) is 68.3 Å². The van der Waals surface area contributed by atoms with E-state index in [-0.39, 0.29) is 11.7 Å². The molecule has 0 unspecified atom stereocenters. The molecule has 0 radical (unpaired) electrons. The van der Waals surface area contributed by atoms with Crippen LogP contribution in [0.4, 0.5) is 5.69 Å². The Labute approximate surface area is 130 Å². The number of amides is 1. The van der Waals surface area contributed by atoms with Crippen molar-refractivity contribution >= 4 is 17.4 Å². The quantitative estimate of drug-likeness (QED) is 0.874. The molecule has 1 N–H and O–H groups in total. The first kappa shape index (κ1) is 15.8. The highest BCUT2D eigenvalue weighted by atomic mass is 16.5. The molecule has 114 valence electrons. The molecule has 0 bridgehead atoms. The van der Waals surface area contributed by atoms with E-state index in [9.17, 15) is 9.59 Å². The number of Topliss-reactive ketones (excluding diaryl/α,β-unsaturated/α-hetero) is 1. The van der Waals surface area contributed by atoms with Crippen molar-refractivity contribution in [2.75, 3.05) is 12.4 Å². The van der Waals surface area contributed by atoms with Crippen LogP contribution in [-0.4, -0.2) is 18.8 Å². The van der Waals surface area contributed by atoms with Gasteiger partial charge in [-0.25, -0.2) is 0 Å². The van der Waals surface area contributed by atoms with Crippen LogP contribution in [0.5, 0.6) is 5.75 Å². The Balaban J connectivity index is 2.22. The molecule has 0 aliphatic heterocycles. The molecule has 0 aliphatic carbocycles. The Morgan fingerprint density at radius 1 is 1.00 bits per heavy atom. The fraction of sp³-hybridized carbons (Fsp3) is 0.222. The topological polar surface area (TPSA) is 55.4 Å². The largest absolute Gasteiger partial charge is 0.496 e. The molecule has 4 nitrogen and oxygen atoms in total. The highest BCUT2D eigenvalue weighted by Crippen LogP contribution is 2.23. The van der Waals surface area contributed by atoms with Crippen molar-refractivity contribution in [3.05, 3.63) is 58.7 Å². The number of methoxy groups -OCH3 is 1. The smallest absolute Gasteiger partial charge is 0.255 e. The zero-order chi connectivity index (χ0) is 16.3. The van der Waals surface area contributed by atoms with Crippen LogP contribution in [0.15, 0.2) is 36.4 Å². The van der Waals surface area contributed by atoms with Gasteiger partial charge in [0.1, 0.15) is 5.75 Å². The van der Waals surface area contributed by atoms with Crippen molar-refractivity contribution in [3.63, 3.8) is 0 Å². The minimum absolute atomic E-state index is 0.000463. The van der Waals surface area contributed by atoms with Gasteiger partial charge in [0.05, 0.1) is 7.11 Å². The number of anilines is 1. The lowest BCUT2D eigenvalue weighted by atomic mass is 10.0. The summed E-state index contributed by atoms with van der Waals surface area (Å²) >= 11 is 0. The van der Waals surface area contributed by atoms with Crippen molar-refractivity contribution in [1.82, 2.24) is 0 Å². The molecule has 0 atom stereocenters. The molecule has 2 aromatic carbocycles. The second-order valence-electron chi connectivity index (χ2n) is 5.22. The Morgan fingerprint density at radius 3 is 2.18 bits per heavy atom. The lowest BCUT2D eigenvalue weighted by Crippen LogP contribution is -2.14. The summed E-state index contributed by atoms with van der Waals surface area (Å²) in [4.78, 5) is 23.6. The molecule has 2 rings (SSSR count). The standard InChI is InChI=1S/C18H19NO3/c1-11-10-17(22-4)12(2)9-16(11)18(21)19-15-7-5-14(6-8-15)13(3)20/h5-10H,1-4H3,(H,19,21). The van der Waals surface area contributed by atoms with Gasteiger partial charge in [-0.1, -0.05) is 0 Å². The highest BCUT2D eigenvalue weighted by molar-refractivity contribution is 6.05. The Hall–Kier alpha value is -2.62. The van der Waals surface area contributed by atoms with Crippen LogP contribution in [0.3, 0.4) is 0 Å². The average Bonchev–Trinajstić information content (AvgIpc) is 2.49. The molecule has 0 aliphatic rings. The fourth-order valence-electron chi connectivity index (χ4n) is 2.24. The van der Waals surface area contributed by atoms with Crippen molar-refractivity contribution in [2.45, 2.75) is 20.8 Å². The molecule has 0 heterocycles. The van der Waals surface area contributed by atoms with Crippen LogP contribution in [0.1, 0.15) is 38.8 Å². The van der Waals surface area contributed by atoms with Gasteiger partial charge in [-0.3, -0.25) is 9.59 Å². The first-order valence-corrected chi connectivity index (χ1v) is 7.00. The highest BCUT2D eigenvalue weighted by Gasteiger charge is 2.12. The molecular formula is C18H19NO3. The van der Waals surface area contributed by atoms with Gasteiger partial charge >= 0.3 is 0 Å². The van der Waals surface area contributed by atoms with E-state index in [0.717, 1.165) is 16.9 Å². The number of hydrogen-bond acceptors (Lipinski definition) is 3. The lowest BCUT2D eigenvalue weighted by Gasteiger charge is -2.12. The Bertz CT molecular complexity index is 718. The summed E-state index contributed by atoms with van der Waals surface area (Å²) in [6, 6.07) is 10.5. The summed E-state index contributed by atoms with van der Waals surface area (Å²) in [6.07, 6.45) is 0. The van der Waals surface area contributed by atoms with Crippen molar-refractivity contribution < 1.29 is 14.3 Å². The van der Waals surface area contributed by atoms with Gasteiger partial charge in [-0.15, -0.1) is 0 Å². The van der Waals surface area contributed by atoms with Crippen LogP contribution in [-0.2, 0) is 0 Å². The molecule has 0 spiro atoms. The number of nitrogens with one attached hydrogen (secondary N) is 1. The van der Waals surface area contributed by atoms with E-state index in [2.05, 4.69) is 5.32 Å². The zero-order valence-electron chi connectivity index (χ0n) is 13.2. The minimum Gasteiger partial charge on any atom is -0.496 e. The van der Waals surface area contributed by atoms with Crippen molar-refractivity contribution in [1.29, 1.82) is 0 Å². The van der Waals surface area contributed by atoms with Crippen molar-refractivity contribution in [2.24, 2.45) is 0 Å². The van der Waals surface area contributed by atoms with Gasteiger partial charge in [0.25, 0.3) is 5.91 Å². The molecule has 2 aromatic rings. The van der Waals surface area contributed by atoms with Crippen molar-refractivity contribution in [3.8, 4) is 5.75 Å². The first-order chi connectivity index (χ1) is 10.4. The van der Waals surface area contributed by atoms with E-state index >= 15 is 0 Å². The molecule has 22 heavy (non-hydrogen) atoms. The summed E-state index contributed by atoms with van der Waals surface area (Å²) in [7, 11) is 1.61. The molecule has 4 heteroatoms. The monoisotopic (exact) mass is 297 g/mol. The third kappa shape index (κ3) is 3.34. The summed E-state index contributed by atoms with van der Waals surface area (Å²) in [5, 5.41) is 2.84. The van der Waals surface area contributed by atoms with E-state index in [1.165, 1.54) is 6.92 Å². The summed E-state index contributed by atoms with van der Waals surface area (Å²) in [5.74, 6) is 0.582. The van der Waals surface area contributed by atoms with Crippen LogP contribution in [0, 0.1) is 13.8 Å². The van der Waals surface area contributed by atoms with Crippen LogP contribution in [0.2, 0.25) is 0 Å². The zero-order valence-corrected chi connectivity index (χ0v) is 13.2. The second kappa shape index (κ2) is 6.43. The van der Waals surface area contributed by atoms with Gasteiger partial charge in [0.2, 0.25) is 0 Å². The number of hydrogen-bond donors (Lipinski definition) is 1. The lowest BCUT2D eigenvalue weighted by molar-refractivity contribution is 0.101. The number of ether oxygens (including phenoxy) is 1. The molecule has 0 saturated carbocycles. The maximum Gasteiger partial charge on any atom is 0.255 e. The molecule has 0 aromatic heterocycles. The van der Waals surface area contributed by atoms with Crippen LogP contribution < -0.4 is 10.1 Å². The minimum atomic E-state index is -0.182. The van der Waals surface area contributed by atoms with Gasteiger partial charge in [0, 0.05) is 16.8 Å². The van der Waals surface area contributed by atoms with Gasteiger partial charge < -0.3 is 10.1 Å². The maximum absolute atomic E-state index is 12.4. The SMILES string of the molecule is COc1cc(C)c(C(=O)Nc2ccc(C(C)=O)cc2)cc1C. The van der Waals surface area contributed by atoms with Crippen LogP contribution in [0.25, 0.3) is 0 Å². The van der Waals surface area contributed by atoms with E-state index < -0.39 is 0 Å². The Kier molecular flexibility index (Phi) is 4.61. The molecule has 0 saturated heterocycles. The molecule has 0 fully saturated rings. The van der Waals surface area contributed by atoms with E-state index in [1.54, 1.807) is 31.4 Å². The number of ketones is 1. The summed E-state index contributed by atoms with van der Waals surface area (Å²) in [5.41, 5.74) is 3.64. The predicted molar refractivity (Wildman–Crippen MR) is 86.9 cm³/mol. The summed E-state index contributed by atoms with van der Waals surface area (Å²) in [6.45, 7) is 5.28. The average molecular weight is 297 g/mol. The number of benzene rings is 2. The van der Waals surface area contributed by atoms with Gasteiger partial charge in [0.15, 0.2) is 5.78 Å². The number of aryl methyl sites for hydroxylation is 2. The second-order valence-corrected chi connectivity index (χ2v) is 5.22. The fourth-order valence-corrected chi connectivity index (χ4v) is 2.24. The van der Waals surface area contributed by atoms with E-state index in [1.807, 2.05) is 26.0 Å². The third-order valence-electron chi connectivity index (χ3n) is 3.54. The maximum atomic E-state index is 12.4. The third-order valence-corrected chi connectivity index (χ3v) is 3.54. The number of carbonyl (C=O) groups excluding carboxylic acids is 2. The normalized spacial score (nSPS) is 10.2. The molecule has 1 amide bonds. The van der Waals surface area contributed by atoms with Gasteiger partial charge in [-0.2, -0.15) is 0 Å². The molecular weight excluding hydrogens is 278 g/mol. The van der Waals surface area contributed by atoms with E-state index in [0.29, 0.717) is 16.8 Å². The Morgan fingerprint density at radius 2 is 1.64 bits per heavy atom. The number of carbonyl (C=O) groups is 2. The summed E-state index contributed by atoms with van der Waals surface area (Å²) < 4.78 is 5.25. The van der Waals surface area contributed by atoms with E-state index in [4.69, 9.17) is 4.74 Å². The van der Waals surface area contributed by atoms with Crippen LogP contribution >= 0.6 is 0 Å². The predicted octanol–water partition coefficient (Wildman–Crippen LogP) is 3.77. The first-order valence-electron chi connectivity index (χ1n) is 7.00.